The van der Waals surface area contributed by atoms with Crippen molar-refractivity contribution in [3.63, 3.8) is 0 Å². The number of carbonyl (C=O) groups is 1. The van der Waals surface area contributed by atoms with Crippen molar-refractivity contribution in [2.75, 3.05) is 7.11 Å². The van der Waals surface area contributed by atoms with Crippen molar-refractivity contribution >= 4 is 17.7 Å². The molecule has 0 amide bonds. The molecule has 0 saturated heterocycles. The van der Waals surface area contributed by atoms with Crippen LogP contribution in [0, 0.1) is 0 Å². The maximum atomic E-state index is 10.6. The fraction of sp³-hybridized carbons (Fsp3) is 0.417. The summed E-state index contributed by atoms with van der Waals surface area (Å²) in [5.74, 6) is 0.0727. The zero-order valence-corrected chi connectivity index (χ0v) is 10.3. The molecule has 0 heterocycles. The fourth-order valence-corrected chi connectivity index (χ4v) is 2.38. The monoisotopic (exact) mass is 240 g/mol. The minimum Gasteiger partial charge on any atom is -0.497 e. The Bertz CT molecular complexity index is 335. The van der Waals surface area contributed by atoms with Crippen molar-refractivity contribution < 1.29 is 14.6 Å². The summed E-state index contributed by atoms with van der Waals surface area (Å²) in [5.41, 5.74) is 0. The molecule has 16 heavy (non-hydrogen) atoms. The number of carboxylic acids is 1. The van der Waals surface area contributed by atoms with Crippen LogP contribution in [-0.2, 0) is 4.79 Å². The van der Waals surface area contributed by atoms with Crippen molar-refractivity contribution in [2.24, 2.45) is 0 Å². The lowest BCUT2D eigenvalue weighted by molar-refractivity contribution is -0.136. The number of ether oxygens (including phenoxy) is 1. The zero-order valence-electron chi connectivity index (χ0n) is 9.47. The topological polar surface area (TPSA) is 46.5 Å². The van der Waals surface area contributed by atoms with Gasteiger partial charge in [0, 0.05) is 10.1 Å². The molecule has 1 rings (SSSR count). The van der Waals surface area contributed by atoms with Gasteiger partial charge in [-0.1, -0.05) is 6.92 Å². The van der Waals surface area contributed by atoms with Crippen molar-refractivity contribution in [1.82, 2.24) is 0 Å². The Morgan fingerprint density at radius 3 is 2.50 bits per heavy atom. The van der Waals surface area contributed by atoms with Crippen LogP contribution in [0.25, 0.3) is 0 Å². The van der Waals surface area contributed by atoms with Crippen molar-refractivity contribution in [3.05, 3.63) is 24.3 Å². The van der Waals surface area contributed by atoms with E-state index in [4.69, 9.17) is 9.84 Å². The van der Waals surface area contributed by atoms with Gasteiger partial charge in [0.25, 0.3) is 0 Å². The standard InChI is InChI=1S/C12H16O3S/c1-3-10(8-12(13)14)16-11-6-4-9(15-2)5-7-11/h4-7,10H,3,8H2,1-2H3,(H,13,14). The van der Waals surface area contributed by atoms with Gasteiger partial charge in [-0.3, -0.25) is 4.79 Å². The van der Waals surface area contributed by atoms with Gasteiger partial charge in [0.15, 0.2) is 0 Å². The van der Waals surface area contributed by atoms with E-state index in [0.717, 1.165) is 17.1 Å². The average Bonchev–Trinajstić information content (AvgIpc) is 2.28. The van der Waals surface area contributed by atoms with Gasteiger partial charge in [-0.15, -0.1) is 11.8 Å². The van der Waals surface area contributed by atoms with Crippen molar-refractivity contribution in [2.45, 2.75) is 29.9 Å². The second-order valence-electron chi connectivity index (χ2n) is 3.42. The molecule has 0 spiro atoms. The lowest BCUT2D eigenvalue weighted by Gasteiger charge is -2.12. The average molecular weight is 240 g/mol. The summed E-state index contributed by atoms with van der Waals surface area (Å²) < 4.78 is 5.06. The van der Waals surface area contributed by atoms with Crippen LogP contribution in [0.2, 0.25) is 0 Å². The predicted octanol–water partition coefficient (Wildman–Crippen LogP) is 3.04. The Kier molecular flexibility index (Phi) is 5.19. The molecule has 1 aromatic rings. The summed E-state index contributed by atoms with van der Waals surface area (Å²) >= 11 is 1.60. The van der Waals surface area contributed by atoms with Gasteiger partial charge in [-0.25, -0.2) is 0 Å². The molecular weight excluding hydrogens is 224 g/mol. The van der Waals surface area contributed by atoms with Gasteiger partial charge in [0.2, 0.25) is 0 Å². The number of thioether (sulfide) groups is 1. The Hall–Kier alpha value is -1.16. The first kappa shape index (κ1) is 12.9. The van der Waals surface area contributed by atoms with E-state index in [9.17, 15) is 4.79 Å². The number of aliphatic carboxylic acids is 1. The molecule has 0 aliphatic heterocycles. The molecule has 1 aromatic carbocycles. The van der Waals surface area contributed by atoms with Gasteiger partial charge in [0.05, 0.1) is 13.5 Å². The summed E-state index contributed by atoms with van der Waals surface area (Å²) in [5, 5.41) is 8.87. The van der Waals surface area contributed by atoms with E-state index >= 15 is 0 Å². The van der Waals surface area contributed by atoms with Gasteiger partial charge in [0.1, 0.15) is 5.75 Å². The van der Waals surface area contributed by atoms with Crippen LogP contribution < -0.4 is 4.74 Å². The van der Waals surface area contributed by atoms with E-state index in [1.54, 1.807) is 18.9 Å². The molecule has 0 fully saturated rings. The Balaban J connectivity index is 2.59. The van der Waals surface area contributed by atoms with E-state index in [-0.39, 0.29) is 11.7 Å². The van der Waals surface area contributed by atoms with Crippen LogP contribution in [0.1, 0.15) is 19.8 Å². The summed E-state index contributed by atoms with van der Waals surface area (Å²) in [4.78, 5) is 11.7. The SMILES string of the molecule is CCC(CC(=O)O)Sc1ccc(OC)cc1. The first-order valence-electron chi connectivity index (χ1n) is 5.18. The first-order valence-corrected chi connectivity index (χ1v) is 6.06. The Labute approximate surface area is 99.8 Å². The van der Waals surface area contributed by atoms with Crippen molar-refractivity contribution in [3.8, 4) is 5.75 Å². The third-order valence-electron chi connectivity index (χ3n) is 2.22. The third-order valence-corrected chi connectivity index (χ3v) is 3.60. The molecule has 88 valence electrons. The second kappa shape index (κ2) is 6.43. The van der Waals surface area contributed by atoms with Crippen molar-refractivity contribution in [1.29, 1.82) is 0 Å². The van der Waals surface area contributed by atoms with Crippen LogP contribution in [0.3, 0.4) is 0 Å². The summed E-state index contributed by atoms with van der Waals surface area (Å²) in [6, 6.07) is 7.67. The summed E-state index contributed by atoms with van der Waals surface area (Å²) in [7, 11) is 1.63. The Morgan fingerprint density at radius 1 is 1.44 bits per heavy atom. The number of rotatable bonds is 6. The van der Waals surface area contributed by atoms with E-state index in [1.165, 1.54) is 0 Å². The number of carboxylic acid groups (broad SMARTS) is 1. The van der Waals surface area contributed by atoms with Crippen LogP contribution in [0.4, 0.5) is 0 Å². The minimum atomic E-state index is -0.743. The van der Waals surface area contributed by atoms with E-state index in [1.807, 2.05) is 31.2 Å². The highest BCUT2D eigenvalue weighted by Crippen LogP contribution is 2.28. The number of hydrogen-bond acceptors (Lipinski definition) is 3. The molecule has 0 saturated carbocycles. The maximum Gasteiger partial charge on any atom is 0.304 e. The fourth-order valence-electron chi connectivity index (χ4n) is 1.31. The van der Waals surface area contributed by atoms with Gasteiger partial charge in [-0.2, -0.15) is 0 Å². The molecule has 4 heteroatoms. The number of benzene rings is 1. The van der Waals surface area contributed by atoms with E-state index in [2.05, 4.69) is 0 Å². The second-order valence-corrected chi connectivity index (χ2v) is 4.80. The molecule has 0 aromatic heterocycles. The highest BCUT2D eigenvalue weighted by atomic mass is 32.2. The number of hydrogen-bond donors (Lipinski definition) is 1. The maximum absolute atomic E-state index is 10.6. The summed E-state index contributed by atoms with van der Waals surface area (Å²) in [6.45, 7) is 2.00. The molecule has 1 N–H and O–H groups in total. The molecule has 1 atom stereocenters. The van der Waals surface area contributed by atoms with Gasteiger partial charge < -0.3 is 9.84 Å². The molecule has 0 aliphatic carbocycles. The zero-order chi connectivity index (χ0) is 12.0. The van der Waals surface area contributed by atoms with Gasteiger partial charge in [-0.05, 0) is 30.7 Å². The van der Waals surface area contributed by atoms with E-state index in [0.29, 0.717) is 0 Å². The Morgan fingerprint density at radius 2 is 2.06 bits per heavy atom. The molecular formula is C12H16O3S. The summed E-state index contributed by atoms with van der Waals surface area (Å²) in [6.07, 6.45) is 1.05. The third kappa shape index (κ3) is 4.14. The van der Waals surface area contributed by atoms with Crippen LogP contribution in [-0.4, -0.2) is 23.4 Å². The minimum absolute atomic E-state index is 0.130. The van der Waals surface area contributed by atoms with Crippen LogP contribution >= 0.6 is 11.8 Å². The van der Waals surface area contributed by atoms with Gasteiger partial charge >= 0.3 is 5.97 Å². The molecule has 0 bridgehead atoms. The molecule has 3 nitrogen and oxygen atoms in total. The predicted molar refractivity (Wildman–Crippen MR) is 65.2 cm³/mol. The molecule has 0 radical (unpaired) electrons. The first-order chi connectivity index (χ1) is 7.65. The number of methoxy groups -OCH3 is 1. The van der Waals surface area contributed by atoms with Crippen LogP contribution in [0.5, 0.6) is 5.75 Å². The quantitative estimate of drug-likeness (QED) is 0.776. The smallest absolute Gasteiger partial charge is 0.304 e. The highest BCUT2D eigenvalue weighted by Gasteiger charge is 2.12. The molecule has 1 unspecified atom stereocenters. The largest absolute Gasteiger partial charge is 0.497 e. The normalized spacial score (nSPS) is 12.1. The molecule has 0 aliphatic rings. The lowest BCUT2D eigenvalue weighted by atomic mass is 10.2. The van der Waals surface area contributed by atoms with Crippen LogP contribution in [0.15, 0.2) is 29.2 Å². The van der Waals surface area contributed by atoms with E-state index < -0.39 is 5.97 Å². The highest BCUT2D eigenvalue weighted by molar-refractivity contribution is 8.00. The lowest BCUT2D eigenvalue weighted by Crippen LogP contribution is -2.08.